The molecular weight excluding hydrogens is 436 g/mol. The number of nitrogens with one attached hydrogen (secondary N) is 1. The lowest BCUT2D eigenvalue weighted by Crippen LogP contribution is -2.36. The van der Waals surface area contributed by atoms with Gasteiger partial charge in [-0.15, -0.1) is 0 Å². The van der Waals surface area contributed by atoms with E-state index in [1.54, 1.807) is 0 Å². The summed E-state index contributed by atoms with van der Waals surface area (Å²) in [4.78, 5) is 8.43. The molecule has 0 unspecified atom stereocenters. The van der Waals surface area contributed by atoms with Crippen molar-refractivity contribution >= 4 is 0 Å². The number of hydrogen-bond acceptors (Lipinski definition) is 4. The SMILES string of the molecule is Cc1cc(C)n(CCCC[C@]2(C)CO[C@@H](c3nc(-c4ccccc4)c(-c4ccccc4)[nH]3)OC2)n1. The number of rotatable bonds is 8. The molecule has 35 heavy (non-hydrogen) atoms. The predicted molar refractivity (Wildman–Crippen MR) is 138 cm³/mol. The molecule has 4 aromatic rings. The molecule has 3 heterocycles. The Balaban J connectivity index is 1.23. The van der Waals surface area contributed by atoms with Crippen LogP contribution in [0.3, 0.4) is 0 Å². The maximum Gasteiger partial charge on any atom is 0.217 e. The highest BCUT2D eigenvalue weighted by Crippen LogP contribution is 2.37. The first-order valence-electron chi connectivity index (χ1n) is 12.5. The van der Waals surface area contributed by atoms with E-state index >= 15 is 0 Å². The molecule has 2 aromatic carbocycles. The van der Waals surface area contributed by atoms with Gasteiger partial charge in [0.25, 0.3) is 0 Å². The van der Waals surface area contributed by atoms with Gasteiger partial charge < -0.3 is 14.5 Å². The second-order valence-corrected chi connectivity index (χ2v) is 9.95. The minimum Gasteiger partial charge on any atom is -0.345 e. The summed E-state index contributed by atoms with van der Waals surface area (Å²) in [5.74, 6) is 0.717. The summed E-state index contributed by atoms with van der Waals surface area (Å²) < 4.78 is 14.6. The molecule has 0 aliphatic carbocycles. The molecule has 2 aromatic heterocycles. The first kappa shape index (κ1) is 23.5. The second-order valence-electron chi connectivity index (χ2n) is 9.95. The van der Waals surface area contributed by atoms with Gasteiger partial charge in [-0.3, -0.25) is 4.68 Å². The summed E-state index contributed by atoms with van der Waals surface area (Å²) in [5.41, 5.74) is 6.36. The molecule has 1 saturated heterocycles. The Morgan fingerprint density at radius 1 is 0.943 bits per heavy atom. The number of imidazole rings is 1. The highest BCUT2D eigenvalue weighted by Gasteiger charge is 2.34. The molecule has 0 atom stereocenters. The number of nitrogens with zero attached hydrogens (tertiary/aromatic N) is 3. The Morgan fingerprint density at radius 2 is 1.60 bits per heavy atom. The number of aryl methyl sites for hydroxylation is 3. The molecule has 1 aliphatic rings. The van der Waals surface area contributed by atoms with Crippen molar-refractivity contribution in [2.45, 2.75) is 52.9 Å². The minimum absolute atomic E-state index is 0.00267. The van der Waals surface area contributed by atoms with Crippen molar-refractivity contribution in [1.82, 2.24) is 19.7 Å². The molecule has 6 heteroatoms. The van der Waals surface area contributed by atoms with E-state index < -0.39 is 6.29 Å². The van der Waals surface area contributed by atoms with Gasteiger partial charge in [0.15, 0.2) is 5.82 Å². The lowest BCUT2D eigenvalue weighted by atomic mass is 9.86. The van der Waals surface area contributed by atoms with E-state index in [0.717, 1.165) is 54.0 Å². The van der Waals surface area contributed by atoms with Crippen molar-refractivity contribution in [2.75, 3.05) is 13.2 Å². The summed E-state index contributed by atoms with van der Waals surface area (Å²) in [6, 6.07) is 22.7. The van der Waals surface area contributed by atoms with Crippen LogP contribution in [0.5, 0.6) is 0 Å². The van der Waals surface area contributed by atoms with E-state index in [1.165, 1.54) is 5.69 Å². The second kappa shape index (κ2) is 10.2. The lowest BCUT2D eigenvalue weighted by Gasteiger charge is -2.36. The fourth-order valence-electron chi connectivity index (χ4n) is 4.78. The van der Waals surface area contributed by atoms with Crippen LogP contribution in [0.4, 0.5) is 0 Å². The molecule has 0 spiro atoms. The third kappa shape index (κ3) is 5.39. The molecule has 0 radical (unpaired) electrons. The zero-order valence-electron chi connectivity index (χ0n) is 20.8. The fraction of sp³-hybridized carbons (Fsp3) is 0.379. The Kier molecular flexibility index (Phi) is 6.84. The Bertz CT molecular complexity index is 1180. The van der Waals surface area contributed by atoms with Gasteiger partial charge >= 0.3 is 0 Å². The van der Waals surface area contributed by atoms with Gasteiger partial charge in [-0.05, 0) is 32.8 Å². The third-order valence-corrected chi connectivity index (χ3v) is 6.73. The summed E-state index contributed by atoms with van der Waals surface area (Å²) >= 11 is 0. The number of benzene rings is 2. The lowest BCUT2D eigenvalue weighted by molar-refractivity contribution is -0.235. The molecule has 182 valence electrons. The van der Waals surface area contributed by atoms with Crippen LogP contribution >= 0.6 is 0 Å². The minimum atomic E-state index is -0.488. The van der Waals surface area contributed by atoms with Crippen molar-refractivity contribution in [3.05, 3.63) is 83.9 Å². The Morgan fingerprint density at radius 3 is 2.23 bits per heavy atom. The van der Waals surface area contributed by atoms with Gasteiger partial charge in [0.2, 0.25) is 6.29 Å². The van der Waals surface area contributed by atoms with Gasteiger partial charge in [-0.2, -0.15) is 5.10 Å². The van der Waals surface area contributed by atoms with Crippen LogP contribution < -0.4 is 0 Å². The molecule has 6 nitrogen and oxygen atoms in total. The van der Waals surface area contributed by atoms with Crippen LogP contribution in [0.15, 0.2) is 66.7 Å². The highest BCUT2D eigenvalue weighted by molar-refractivity contribution is 5.78. The van der Waals surface area contributed by atoms with Crippen LogP contribution in [0.1, 0.15) is 49.7 Å². The fourth-order valence-corrected chi connectivity index (χ4v) is 4.78. The normalized spacial score (nSPS) is 20.3. The highest BCUT2D eigenvalue weighted by atomic mass is 16.7. The van der Waals surface area contributed by atoms with Gasteiger partial charge in [0.1, 0.15) is 0 Å². The van der Waals surface area contributed by atoms with Gasteiger partial charge in [0.05, 0.1) is 30.3 Å². The summed E-state index contributed by atoms with van der Waals surface area (Å²) in [6.07, 6.45) is 2.78. The maximum absolute atomic E-state index is 6.22. The molecule has 0 amide bonds. The molecular formula is C29H34N4O2. The largest absolute Gasteiger partial charge is 0.345 e. The number of hydrogen-bond donors (Lipinski definition) is 1. The maximum atomic E-state index is 6.22. The van der Waals surface area contributed by atoms with Crippen molar-refractivity contribution in [3.63, 3.8) is 0 Å². The van der Waals surface area contributed by atoms with Gasteiger partial charge in [-0.25, -0.2) is 4.98 Å². The van der Waals surface area contributed by atoms with Crippen molar-refractivity contribution in [2.24, 2.45) is 5.41 Å². The van der Waals surface area contributed by atoms with Crippen LogP contribution in [0.25, 0.3) is 22.5 Å². The molecule has 5 rings (SSSR count). The van der Waals surface area contributed by atoms with E-state index in [-0.39, 0.29) is 5.41 Å². The molecule has 1 N–H and O–H groups in total. The number of aromatic amines is 1. The monoisotopic (exact) mass is 470 g/mol. The van der Waals surface area contributed by atoms with Crippen molar-refractivity contribution < 1.29 is 9.47 Å². The first-order valence-corrected chi connectivity index (χ1v) is 12.5. The zero-order chi connectivity index (χ0) is 24.3. The number of unbranched alkanes of at least 4 members (excludes halogenated alkanes) is 1. The summed E-state index contributed by atoms with van der Waals surface area (Å²) in [7, 11) is 0. The van der Waals surface area contributed by atoms with Gasteiger partial charge in [-0.1, -0.05) is 74.0 Å². The predicted octanol–water partition coefficient (Wildman–Crippen LogP) is 6.48. The van der Waals surface area contributed by atoms with Crippen LogP contribution in [-0.2, 0) is 16.0 Å². The number of aromatic nitrogens is 4. The van der Waals surface area contributed by atoms with Crippen LogP contribution in [-0.4, -0.2) is 33.0 Å². The van der Waals surface area contributed by atoms with E-state index in [1.807, 2.05) is 43.3 Å². The quantitative estimate of drug-likeness (QED) is 0.299. The van der Waals surface area contributed by atoms with Crippen LogP contribution in [0.2, 0.25) is 0 Å². The van der Waals surface area contributed by atoms with Crippen LogP contribution in [0, 0.1) is 19.3 Å². The average Bonchev–Trinajstić information content (AvgIpc) is 3.46. The third-order valence-electron chi connectivity index (χ3n) is 6.73. The summed E-state index contributed by atoms with van der Waals surface area (Å²) in [6.45, 7) is 8.67. The molecule has 1 aliphatic heterocycles. The standard InChI is InChI=1S/C29H34N4O2/c1-21-18-22(2)33(32-21)17-11-10-16-29(3)19-34-28(35-20-29)27-30-25(23-12-6-4-7-13-23)26(31-27)24-14-8-5-9-15-24/h4-9,12-15,18,28H,10-11,16-17,19-20H2,1-3H3,(H,30,31)/t28-,29-. The molecule has 1 fully saturated rings. The van der Waals surface area contributed by atoms with E-state index in [9.17, 15) is 0 Å². The average molecular weight is 471 g/mol. The van der Waals surface area contributed by atoms with Crippen molar-refractivity contribution in [1.29, 1.82) is 0 Å². The topological polar surface area (TPSA) is 65.0 Å². The zero-order valence-corrected chi connectivity index (χ0v) is 20.8. The molecule has 0 bridgehead atoms. The van der Waals surface area contributed by atoms with E-state index in [4.69, 9.17) is 14.5 Å². The van der Waals surface area contributed by atoms with Gasteiger partial charge in [0, 0.05) is 28.8 Å². The van der Waals surface area contributed by atoms with Crippen molar-refractivity contribution in [3.8, 4) is 22.5 Å². The number of H-pyrrole nitrogens is 1. The summed E-state index contributed by atoms with van der Waals surface area (Å²) in [5, 5.41) is 4.57. The van der Waals surface area contributed by atoms with E-state index in [2.05, 4.69) is 58.9 Å². The Labute approximate surface area is 207 Å². The smallest absolute Gasteiger partial charge is 0.217 e. The van der Waals surface area contributed by atoms with E-state index in [0.29, 0.717) is 19.0 Å². The first-order chi connectivity index (χ1) is 17.0. The number of ether oxygens (including phenoxy) is 2. The molecule has 0 saturated carbocycles. The Hall–Kier alpha value is -3.22.